The third-order valence-electron chi connectivity index (χ3n) is 5.90. The Bertz CT molecular complexity index is 1000. The Morgan fingerprint density at radius 3 is 2.60 bits per heavy atom. The van der Waals surface area contributed by atoms with Crippen LogP contribution in [0.25, 0.3) is 0 Å². The van der Waals surface area contributed by atoms with E-state index in [1.54, 1.807) is 18.2 Å². The van der Waals surface area contributed by atoms with Crippen LogP contribution in [-0.2, 0) is 16.4 Å². The molecule has 30 heavy (non-hydrogen) atoms. The lowest BCUT2D eigenvalue weighted by atomic mass is 10.0. The zero-order valence-corrected chi connectivity index (χ0v) is 18.0. The molecule has 2 aliphatic heterocycles. The van der Waals surface area contributed by atoms with Crippen LogP contribution < -0.4 is 10.2 Å². The summed E-state index contributed by atoms with van der Waals surface area (Å²) in [7, 11) is -3.52. The first-order valence-corrected chi connectivity index (χ1v) is 12.2. The number of carbonyl (C=O) groups excluding carboxylic acids is 1. The summed E-state index contributed by atoms with van der Waals surface area (Å²) in [6.07, 6.45) is 4.90. The lowest BCUT2D eigenvalue weighted by Crippen LogP contribution is -2.33. The van der Waals surface area contributed by atoms with Crippen LogP contribution in [0.3, 0.4) is 0 Å². The summed E-state index contributed by atoms with van der Waals surface area (Å²) < 4.78 is 27.0. The summed E-state index contributed by atoms with van der Waals surface area (Å²) in [5.74, 6) is -0.229. The molecule has 6 nitrogen and oxygen atoms in total. The second kappa shape index (κ2) is 9.18. The van der Waals surface area contributed by atoms with Crippen molar-refractivity contribution in [2.24, 2.45) is 0 Å². The molecule has 0 bridgehead atoms. The molecule has 160 valence electrons. The van der Waals surface area contributed by atoms with Gasteiger partial charge in [0.25, 0.3) is 5.91 Å². The molecule has 2 aliphatic rings. The predicted molar refractivity (Wildman–Crippen MR) is 118 cm³/mol. The fourth-order valence-electron chi connectivity index (χ4n) is 4.29. The number of hydrogen-bond acceptors (Lipinski definition) is 4. The van der Waals surface area contributed by atoms with Crippen LogP contribution in [0.5, 0.6) is 0 Å². The van der Waals surface area contributed by atoms with Crippen molar-refractivity contribution >= 4 is 21.6 Å². The maximum Gasteiger partial charge on any atom is 0.251 e. The number of fused-ring (bicyclic) bond motifs is 1. The van der Waals surface area contributed by atoms with Crippen molar-refractivity contribution in [3.8, 4) is 0 Å². The van der Waals surface area contributed by atoms with E-state index in [1.165, 1.54) is 21.6 Å². The number of nitrogens with one attached hydrogen (secondary N) is 1. The van der Waals surface area contributed by atoms with Gasteiger partial charge < -0.3 is 10.2 Å². The van der Waals surface area contributed by atoms with Crippen molar-refractivity contribution in [2.45, 2.75) is 37.0 Å². The minimum Gasteiger partial charge on any atom is -0.371 e. The van der Waals surface area contributed by atoms with Gasteiger partial charge in [-0.15, -0.1) is 0 Å². The minimum absolute atomic E-state index is 0.196. The summed E-state index contributed by atoms with van der Waals surface area (Å²) in [5, 5.41) is 2.94. The molecule has 0 saturated carbocycles. The molecule has 0 unspecified atom stereocenters. The first-order chi connectivity index (χ1) is 14.6. The molecule has 0 atom stereocenters. The van der Waals surface area contributed by atoms with E-state index in [0.29, 0.717) is 25.2 Å². The number of carbonyl (C=O) groups is 1. The van der Waals surface area contributed by atoms with Crippen LogP contribution in [0.4, 0.5) is 5.69 Å². The third kappa shape index (κ3) is 4.52. The minimum atomic E-state index is -3.52. The van der Waals surface area contributed by atoms with E-state index in [4.69, 9.17) is 0 Å². The van der Waals surface area contributed by atoms with Crippen molar-refractivity contribution < 1.29 is 13.2 Å². The molecule has 1 fully saturated rings. The molecule has 0 spiro atoms. The van der Waals surface area contributed by atoms with Crippen LogP contribution in [0.15, 0.2) is 53.4 Å². The Labute approximate surface area is 178 Å². The molecule has 2 aromatic rings. The SMILES string of the molecule is O=C(NCCCN1CCCc2ccccc21)c1cccc(S(=O)(=O)N2CCCC2)c1. The number of benzene rings is 2. The fourth-order valence-corrected chi connectivity index (χ4v) is 5.86. The average Bonchev–Trinajstić information content (AvgIpc) is 3.33. The quantitative estimate of drug-likeness (QED) is 0.690. The van der Waals surface area contributed by atoms with E-state index in [1.807, 2.05) is 0 Å². The number of hydrogen-bond donors (Lipinski definition) is 1. The van der Waals surface area contributed by atoms with E-state index < -0.39 is 10.0 Å². The van der Waals surface area contributed by atoms with E-state index in [9.17, 15) is 13.2 Å². The van der Waals surface area contributed by atoms with Crippen LogP contribution in [0.1, 0.15) is 41.6 Å². The van der Waals surface area contributed by atoms with Crippen LogP contribution in [0.2, 0.25) is 0 Å². The van der Waals surface area contributed by atoms with Gasteiger partial charge in [-0.05, 0) is 61.9 Å². The molecule has 1 amide bonds. The number of rotatable bonds is 7. The van der Waals surface area contributed by atoms with E-state index in [2.05, 4.69) is 34.5 Å². The number of para-hydroxylation sites is 1. The van der Waals surface area contributed by atoms with E-state index in [-0.39, 0.29) is 10.8 Å². The fraction of sp³-hybridized carbons (Fsp3) is 0.435. The van der Waals surface area contributed by atoms with Gasteiger partial charge in [-0.3, -0.25) is 4.79 Å². The molecule has 2 heterocycles. The summed E-state index contributed by atoms with van der Waals surface area (Å²) >= 11 is 0. The van der Waals surface area contributed by atoms with Gasteiger partial charge in [0.1, 0.15) is 0 Å². The largest absolute Gasteiger partial charge is 0.371 e. The van der Waals surface area contributed by atoms with Gasteiger partial charge in [0.05, 0.1) is 4.90 Å². The molecule has 7 heteroatoms. The molecule has 4 rings (SSSR count). The molecular formula is C23H29N3O3S. The highest BCUT2D eigenvalue weighted by Gasteiger charge is 2.27. The van der Waals surface area contributed by atoms with Crippen molar-refractivity contribution in [3.05, 3.63) is 59.7 Å². The Morgan fingerprint density at radius 2 is 1.77 bits per heavy atom. The monoisotopic (exact) mass is 427 g/mol. The number of sulfonamides is 1. The third-order valence-corrected chi connectivity index (χ3v) is 7.79. The number of amides is 1. The summed E-state index contributed by atoms with van der Waals surface area (Å²) in [5.41, 5.74) is 3.08. The van der Waals surface area contributed by atoms with Gasteiger partial charge >= 0.3 is 0 Å². The highest BCUT2D eigenvalue weighted by atomic mass is 32.2. The van der Waals surface area contributed by atoms with Gasteiger partial charge in [-0.1, -0.05) is 24.3 Å². The molecule has 2 aromatic carbocycles. The van der Waals surface area contributed by atoms with Crippen molar-refractivity contribution in [3.63, 3.8) is 0 Å². The molecule has 1 N–H and O–H groups in total. The number of anilines is 1. The Balaban J connectivity index is 1.32. The number of nitrogens with zero attached hydrogens (tertiary/aromatic N) is 2. The van der Waals surface area contributed by atoms with Gasteiger partial charge in [0.2, 0.25) is 10.0 Å². The van der Waals surface area contributed by atoms with Gasteiger partial charge in [0.15, 0.2) is 0 Å². The van der Waals surface area contributed by atoms with Gasteiger partial charge in [-0.25, -0.2) is 8.42 Å². The standard InChI is InChI=1S/C23H29N3O3S/c27-23(20-9-5-11-21(18-20)30(28,29)26-16-3-4-17-26)24-13-7-15-25-14-6-10-19-8-1-2-12-22(19)25/h1-2,5,8-9,11-12,18H,3-4,6-7,10,13-17H2,(H,24,27). The Kier molecular flexibility index (Phi) is 6.39. The molecule has 0 aliphatic carbocycles. The van der Waals surface area contributed by atoms with Gasteiger partial charge in [0, 0.05) is 44.0 Å². The number of aryl methyl sites for hydroxylation is 1. The van der Waals surface area contributed by atoms with Crippen molar-refractivity contribution in [1.29, 1.82) is 0 Å². The summed E-state index contributed by atoms with van der Waals surface area (Å²) in [4.78, 5) is 15.1. The van der Waals surface area contributed by atoms with E-state index >= 15 is 0 Å². The van der Waals surface area contributed by atoms with Crippen LogP contribution >= 0.6 is 0 Å². The highest BCUT2D eigenvalue weighted by Crippen LogP contribution is 2.26. The second-order valence-electron chi connectivity index (χ2n) is 7.97. The highest BCUT2D eigenvalue weighted by molar-refractivity contribution is 7.89. The zero-order chi connectivity index (χ0) is 21.0. The topological polar surface area (TPSA) is 69.7 Å². The molecule has 0 radical (unpaired) electrons. The summed E-state index contributed by atoms with van der Waals surface area (Å²) in [6.45, 7) is 3.60. The summed E-state index contributed by atoms with van der Waals surface area (Å²) in [6, 6.07) is 14.9. The van der Waals surface area contributed by atoms with Crippen LogP contribution in [0, 0.1) is 0 Å². The maximum atomic E-state index is 12.7. The van der Waals surface area contributed by atoms with Crippen molar-refractivity contribution in [2.75, 3.05) is 37.6 Å². The van der Waals surface area contributed by atoms with Gasteiger partial charge in [-0.2, -0.15) is 4.31 Å². The van der Waals surface area contributed by atoms with E-state index in [0.717, 1.165) is 45.2 Å². The molecule has 1 saturated heterocycles. The molecular weight excluding hydrogens is 398 g/mol. The smallest absolute Gasteiger partial charge is 0.251 e. The maximum absolute atomic E-state index is 12.7. The first-order valence-electron chi connectivity index (χ1n) is 10.8. The Hall–Kier alpha value is -2.38. The second-order valence-corrected chi connectivity index (χ2v) is 9.91. The predicted octanol–water partition coefficient (Wildman–Crippen LogP) is 3.04. The zero-order valence-electron chi connectivity index (χ0n) is 17.2. The first kappa shape index (κ1) is 20.9. The normalized spacial score (nSPS) is 17.0. The lowest BCUT2D eigenvalue weighted by Gasteiger charge is -2.31. The van der Waals surface area contributed by atoms with Crippen LogP contribution in [-0.4, -0.2) is 51.4 Å². The molecule has 0 aromatic heterocycles. The lowest BCUT2D eigenvalue weighted by molar-refractivity contribution is 0.0953. The average molecular weight is 428 g/mol. The Morgan fingerprint density at radius 1 is 0.967 bits per heavy atom. The van der Waals surface area contributed by atoms with Crippen molar-refractivity contribution in [1.82, 2.24) is 9.62 Å².